The number of sulfonamides is 1. The second-order valence-electron chi connectivity index (χ2n) is 7.41. The Bertz CT molecular complexity index is 1290. The van der Waals surface area contributed by atoms with Gasteiger partial charge in [-0.25, -0.2) is 13.1 Å². The van der Waals surface area contributed by atoms with Crippen LogP contribution in [0, 0.1) is 0 Å². The minimum atomic E-state index is -3.80. The summed E-state index contributed by atoms with van der Waals surface area (Å²) in [5.74, 6) is -1.35. The van der Waals surface area contributed by atoms with E-state index in [1.807, 2.05) is 24.3 Å². The van der Waals surface area contributed by atoms with Crippen LogP contribution in [0.2, 0.25) is 0 Å². The molecule has 0 aliphatic heterocycles. The van der Waals surface area contributed by atoms with Crippen LogP contribution in [0.5, 0.6) is 0 Å². The number of ketones is 1. The van der Waals surface area contributed by atoms with Gasteiger partial charge in [0.05, 0.1) is 11.3 Å². The quantitative estimate of drug-likeness (QED) is 0.368. The van der Waals surface area contributed by atoms with Crippen molar-refractivity contribution >= 4 is 44.1 Å². The van der Waals surface area contributed by atoms with E-state index in [1.54, 1.807) is 36.4 Å². The molecule has 0 saturated heterocycles. The minimum absolute atomic E-state index is 0.0913. The van der Waals surface area contributed by atoms with E-state index in [1.165, 1.54) is 19.9 Å². The molecule has 172 valence electrons. The summed E-state index contributed by atoms with van der Waals surface area (Å²) < 4.78 is 32.5. The highest BCUT2D eigenvalue weighted by atomic mass is 32.2. The van der Waals surface area contributed by atoms with Crippen molar-refractivity contribution < 1.29 is 27.5 Å². The number of hydrogen-bond acceptors (Lipinski definition) is 6. The van der Waals surface area contributed by atoms with Crippen LogP contribution in [-0.4, -0.2) is 38.7 Å². The molecule has 0 radical (unpaired) electrons. The fraction of sp³-hybridized carbons (Fsp3) is 0.208. The Kier molecular flexibility index (Phi) is 7.57. The molecule has 9 heteroatoms. The molecule has 1 amide bonds. The zero-order valence-corrected chi connectivity index (χ0v) is 19.0. The van der Waals surface area contributed by atoms with Gasteiger partial charge in [-0.2, -0.15) is 0 Å². The molecule has 0 aliphatic rings. The van der Waals surface area contributed by atoms with Crippen molar-refractivity contribution in [1.29, 1.82) is 0 Å². The lowest BCUT2D eigenvalue weighted by molar-refractivity contribution is -0.152. The Morgan fingerprint density at radius 3 is 2.27 bits per heavy atom. The van der Waals surface area contributed by atoms with Crippen molar-refractivity contribution in [3.05, 3.63) is 72.3 Å². The second-order valence-corrected chi connectivity index (χ2v) is 9.18. The maximum atomic E-state index is 12.5. The molecule has 33 heavy (non-hydrogen) atoms. The number of fused-ring (bicyclic) bond motifs is 1. The molecule has 0 fully saturated rings. The third-order valence-corrected chi connectivity index (χ3v) is 6.35. The Morgan fingerprint density at radius 2 is 1.61 bits per heavy atom. The van der Waals surface area contributed by atoms with Crippen LogP contribution in [-0.2, 0) is 24.3 Å². The molecular weight excluding hydrogens is 444 g/mol. The number of amides is 1. The lowest BCUT2D eigenvalue weighted by Crippen LogP contribution is -2.32. The summed E-state index contributed by atoms with van der Waals surface area (Å²) in [5, 5.41) is 4.30. The maximum absolute atomic E-state index is 12.5. The number of anilines is 1. The summed E-state index contributed by atoms with van der Waals surface area (Å²) in [6.07, 6.45) is -1.32. The van der Waals surface area contributed by atoms with E-state index in [2.05, 4.69) is 10.0 Å². The predicted octanol–water partition coefficient (Wildman–Crippen LogP) is 3.28. The minimum Gasteiger partial charge on any atom is -0.452 e. The van der Waals surface area contributed by atoms with E-state index in [0.717, 1.165) is 10.8 Å². The highest BCUT2D eigenvalue weighted by molar-refractivity contribution is 7.89. The van der Waals surface area contributed by atoms with Gasteiger partial charge in [0.15, 0.2) is 11.9 Å². The van der Waals surface area contributed by atoms with Gasteiger partial charge in [-0.3, -0.25) is 14.4 Å². The molecule has 3 rings (SSSR count). The molecule has 0 bridgehead atoms. The van der Waals surface area contributed by atoms with Gasteiger partial charge in [0.1, 0.15) is 0 Å². The van der Waals surface area contributed by atoms with Crippen LogP contribution in [0.25, 0.3) is 10.8 Å². The Balaban J connectivity index is 1.48. The number of hydrogen-bond donors (Lipinski definition) is 2. The Morgan fingerprint density at radius 1 is 0.939 bits per heavy atom. The third kappa shape index (κ3) is 6.47. The summed E-state index contributed by atoms with van der Waals surface area (Å²) >= 11 is 0. The van der Waals surface area contributed by atoms with Gasteiger partial charge in [-0.05, 0) is 61.0 Å². The van der Waals surface area contributed by atoms with Crippen LogP contribution in [0.1, 0.15) is 30.6 Å². The zero-order chi connectivity index (χ0) is 24.0. The Hall–Kier alpha value is -3.56. The van der Waals surface area contributed by atoms with E-state index < -0.39 is 28.0 Å². The highest BCUT2D eigenvalue weighted by Gasteiger charge is 2.19. The number of esters is 1. The number of ether oxygens (including phenoxy) is 1. The molecule has 3 aromatic carbocycles. The van der Waals surface area contributed by atoms with Crippen LogP contribution in [0.4, 0.5) is 5.69 Å². The standard InChI is InChI=1S/C24H24N2O6S/c1-16(27)18-7-10-21(11-8-18)26-24(29)17(2)32-23(28)13-14-25-33(30,31)22-12-9-19-5-3-4-6-20(19)15-22/h3-12,15,17,25H,13-14H2,1-2H3,(H,26,29). The van der Waals surface area contributed by atoms with E-state index in [-0.39, 0.29) is 23.6 Å². The summed E-state index contributed by atoms with van der Waals surface area (Å²) in [7, 11) is -3.80. The van der Waals surface area contributed by atoms with Crippen LogP contribution < -0.4 is 10.0 Å². The van der Waals surface area contributed by atoms with Gasteiger partial charge in [-0.15, -0.1) is 0 Å². The SMILES string of the molecule is CC(=O)c1ccc(NC(=O)C(C)OC(=O)CCNS(=O)(=O)c2ccc3ccccc3c2)cc1. The molecule has 1 unspecified atom stereocenters. The molecule has 0 aliphatic carbocycles. The fourth-order valence-electron chi connectivity index (χ4n) is 3.05. The largest absolute Gasteiger partial charge is 0.452 e. The van der Waals surface area contributed by atoms with Crippen molar-refractivity contribution in [2.75, 3.05) is 11.9 Å². The smallest absolute Gasteiger partial charge is 0.307 e. The molecule has 0 aromatic heterocycles. The lowest BCUT2D eigenvalue weighted by Gasteiger charge is -2.14. The summed E-state index contributed by atoms with van der Waals surface area (Å²) in [5.41, 5.74) is 0.967. The summed E-state index contributed by atoms with van der Waals surface area (Å²) in [6, 6.07) is 18.5. The number of nitrogens with one attached hydrogen (secondary N) is 2. The third-order valence-electron chi connectivity index (χ3n) is 4.89. The van der Waals surface area contributed by atoms with E-state index in [4.69, 9.17) is 4.74 Å². The first-order chi connectivity index (χ1) is 15.7. The summed E-state index contributed by atoms with van der Waals surface area (Å²) in [4.78, 5) is 35.7. The number of carbonyl (C=O) groups is 3. The Labute approximate surface area is 192 Å². The fourth-order valence-corrected chi connectivity index (χ4v) is 4.11. The van der Waals surface area contributed by atoms with Gasteiger partial charge in [0.25, 0.3) is 5.91 Å². The molecule has 1 atom stereocenters. The van der Waals surface area contributed by atoms with Gasteiger partial charge in [-0.1, -0.05) is 30.3 Å². The molecule has 2 N–H and O–H groups in total. The number of carbonyl (C=O) groups excluding carboxylic acids is 3. The van der Waals surface area contributed by atoms with Crippen molar-refractivity contribution in [1.82, 2.24) is 4.72 Å². The number of benzene rings is 3. The highest BCUT2D eigenvalue weighted by Crippen LogP contribution is 2.19. The normalized spacial score (nSPS) is 12.2. The van der Waals surface area contributed by atoms with Crippen LogP contribution >= 0.6 is 0 Å². The first-order valence-electron chi connectivity index (χ1n) is 10.3. The molecule has 8 nitrogen and oxygen atoms in total. The van der Waals surface area contributed by atoms with Crippen molar-refractivity contribution in [3.63, 3.8) is 0 Å². The molecule has 3 aromatic rings. The van der Waals surface area contributed by atoms with Crippen LogP contribution in [0.15, 0.2) is 71.6 Å². The first kappa shape index (κ1) is 24.1. The van der Waals surface area contributed by atoms with Crippen LogP contribution in [0.3, 0.4) is 0 Å². The molecule has 0 spiro atoms. The van der Waals surface area contributed by atoms with Gasteiger partial charge >= 0.3 is 5.97 Å². The topological polar surface area (TPSA) is 119 Å². The second kappa shape index (κ2) is 10.4. The van der Waals surface area contributed by atoms with E-state index >= 15 is 0 Å². The number of rotatable bonds is 9. The summed E-state index contributed by atoms with van der Waals surface area (Å²) in [6.45, 7) is 2.68. The van der Waals surface area contributed by atoms with Crippen molar-refractivity contribution in [2.45, 2.75) is 31.3 Å². The molecular formula is C24H24N2O6S. The van der Waals surface area contributed by atoms with Crippen molar-refractivity contribution in [2.24, 2.45) is 0 Å². The van der Waals surface area contributed by atoms with Gasteiger partial charge < -0.3 is 10.1 Å². The van der Waals surface area contributed by atoms with Crippen molar-refractivity contribution in [3.8, 4) is 0 Å². The lowest BCUT2D eigenvalue weighted by atomic mass is 10.1. The van der Waals surface area contributed by atoms with Gasteiger partial charge in [0, 0.05) is 17.8 Å². The van der Waals surface area contributed by atoms with Gasteiger partial charge in [0.2, 0.25) is 10.0 Å². The maximum Gasteiger partial charge on any atom is 0.307 e. The zero-order valence-electron chi connectivity index (χ0n) is 18.2. The molecule has 0 heterocycles. The average Bonchev–Trinajstić information content (AvgIpc) is 2.78. The monoisotopic (exact) mass is 468 g/mol. The molecule has 0 saturated carbocycles. The predicted molar refractivity (Wildman–Crippen MR) is 124 cm³/mol. The first-order valence-corrected chi connectivity index (χ1v) is 11.7. The average molecular weight is 469 g/mol. The van der Waals surface area contributed by atoms with E-state index in [0.29, 0.717) is 11.3 Å². The number of Topliss-reactive ketones (excluding diaryl/α,β-unsaturated/α-hetero) is 1. The van der Waals surface area contributed by atoms with E-state index in [9.17, 15) is 22.8 Å².